The Bertz CT molecular complexity index is 221. The minimum atomic E-state index is -0.559. The molecule has 0 saturated carbocycles. The van der Waals surface area contributed by atoms with Crippen LogP contribution in [0.15, 0.2) is 30.3 Å². The van der Waals surface area contributed by atoms with Gasteiger partial charge in [-0.15, -0.1) is 0 Å². The van der Waals surface area contributed by atoms with Crippen molar-refractivity contribution in [3.8, 4) is 0 Å². The van der Waals surface area contributed by atoms with Gasteiger partial charge in [0.2, 0.25) is 0 Å². The molecule has 2 atom stereocenters. The molecule has 2 nitrogen and oxygen atoms in total. The van der Waals surface area contributed by atoms with Gasteiger partial charge in [-0.2, -0.15) is 0 Å². The van der Waals surface area contributed by atoms with Gasteiger partial charge in [-0.25, -0.2) is 0 Å². The number of rotatable bonds is 3. The average molecular weight is 166 g/mol. The fourth-order valence-corrected chi connectivity index (χ4v) is 1.08. The van der Waals surface area contributed by atoms with Gasteiger partial charge in [-0.1, -0.05) is 37.3 Å². The van der Waals surface area contributed by atoms with Gasteiger partial charge in [-0.05, 0) is 5.56 Å². The predicted molar refractivity (Wildman–Crippen MR) is 47.7 cm³/mol. The molecule has 0 aromatic heterocycles. The van der Waals surface area contributed by atoms with Gasteiger partial charge in [0.05, 0.1) is 6.10 Å². The van der Waals surface area contributed by atoms with Crippen LogP contribution in [0, 0.1) is 5.92 Å². The highest BCUT2D eigenvalue weighted by Crippen LogP contribution is 2.20. The van der Waals surface area contributed by atoms with Gasteiger partial charge in [0.15, 0.2) is 0 Å². The molecule has 12 heavy (non-hydrogen) atoms. The Labute approximate surface area is 72.5 Å². The number of aliphatic hydroxyl groups excluding tert-OH is 2. The molecule has 66 valence electrons. The van der Waals surface area contributed by atoms with Crippen molar-refractivity contribution < 1.29 is 10.2 Å². The van der Waals surface area contributed by atoms with Crippen LogP contribution >= 0.6 is 0 Å². The van der Waals surface area contributed by atoms with Crippen LogP contribution in [0.25, 0.3) is 0 Å². The second kappa shape index (κ2) is 4.24. The van der Waals surface area contributed by atoms with Crippen LogP contribution in [0.4, 0.5) is 0 Å². The Morgan fingerprint density at radius 3 is 2.33 bits per heavy atom. The summed E-state index contributed by atoms with van der Waals surface area (Å²) >= 11 is 0. The molecule has 1 rings (SSSR count). The van der Waals surface area contributed by atoms with Crippen molar-refractivity contribution >= 4 is 0 Å². The zero-order valence-electron chi connectivity index (χ0n) is 7.14. The molecule has 0 spiro atoms. The van der Waals surface area contributed by atoms with Gasteiger partial charge in [0.25, 0.3) is 0 Å². The van der Waals surface area contributed by atoms with Crippen LogP contribution in [-0.4, -0.2) is 16.8 Å². The third kappa shape index (κ3) is 2.06. The molecule has 0 fully saturated rings. The first-order valence-corrected chi connectivity index (χ1v) is 4.09. The van der Waals surface area contributed by atoms with Crippen molar-refractivity contribution in [2.45, 2.75) is 13.0 Å². The molecule has 0 aliphatic carbocycles. The first-order valence-electron chi connectivity index (χ1n) is 4.09. The highest BCUT2D eigenvalue weighted by molar-refractivity contribution is 5.17. The van der Waals surface area contributed by atoms with Crippen LogP contribution in [-0.2, 0) is 0 Å². The Kier molecular flexibility index (Phi) is 3.26. The van der Waals surface area contributed by atoms with Crippen LogP contribution in [0.3, 0.4) is 0 Å². The highest BCUT2D eigenvalue weighted by Gasteiger charge is 2.14. The van der Waals surface area contributed by atoms with Crippen molar-refractivity contribution in [2.75, 3.05) is 6.61 Å². The topological polar surface area (TPSA) is 40.5 Å². The maximum atomic E-state index is 9.63. The van der Waals surface area contributed by atoms with Crippen molar-refractivity contribution in [1.29, 1.82) is 0 Å². The predicted octanol–water partition coefficient (Wildman–Crippen LogP) is 1.35. The molecule has 0 aliphatic heterocycles. The van der Waals surface area contributed by atoms with E-state index in [0.29, 0.717) is 0 Å². The smallest absolute Gasteiger partial charge is 0.0837 e. The number of benzene rings is 1. The van der Waals surface area contributed by atoms with Crippen LogP contribution < -0.4 is 0 Å². The Hall–Kier alpha value is -0.860. The van der Waals surface area contributed by atoms with Gasteiger partial charge in [0.1, 0.15) is 0 Å². The SMILES string of the molecule is CC(CO)[C@H](O)c1ccccc1. The molecule has 0 aliphatic rings. The summed E-state index contributed by atoms with van der Waals surface area (Å²) in [7, 11) is 0. The van der Waals surface area contributed by atoms with E-state index in [0.717, 1.165) is 5.56 Å². The number of hydrogen-bond acceptors (Lipinski definition) is 2. The Morgan fingerprint density at radius 2 is 1.83 bits per heavy atom. The fourth-order valence-electron chi connectivity index (χ4n) is 1.08. The number of aliphatic hydroxyl groups is 2. The lowest BCUT2D eigenvalue weighted by molar-refractivity contribution is 0.0770. The third-order valence-electron chi connectivity index (χ3n) is 1.97. The lowest BCUT2D eigenvalue weighted by atomic mass is 9.98. The normalized spacial score (nSPS) is 15.6. The lowest BCUT2D eigenvalue weighted by Gasteiger charge is -2.16. The van der Waals surface area contributed by atoms with E-state index in [2.05, 4.69) is 0 Å². The van der Waals surface area contributed by atoms with Crippen LogP contribution in [0.5, 0.6) is 0 Å². The molecule has 0 radical (unpaired) electrons. The van der Waals surface area contributed by atoms with Gasteiger partial charge < -0.3 is 10.2 Å². The zero-order valence-corrected chi connectivity index (χ0v) is 7.14. The highest BCUT2D eigenvalue weighted by atomic mass is 16.3. The van der Waals surface area contributed by atoms with Crippen molar-refractivity contribution in [3.05, 3.63) is 35.9 Å². The second-order valence-corrected chi connectivity index (χ2v) is 3.02. The fraction of sp³-hybridized carbons (Fsp3) is 0.400. The first kappa shape index (κ1) is 9.23. The standard InChI is InChI=1S/C10H14O2/c1-8(7-11)10(12)9-5-3-2-4-6-9/h2-6,8,10-12H,7H2,1H3/t8?,10-/m0/s1. The molecule has 2 heteroatoms. The van der Waals surface area contributed by atoms with E-state index in [1.807, 2.05) is 37.3 Å². The summed E-state index contributed by atoms with van der Waals surface area (Å²) in [5.74, 6) is -0.104. The van der Waals surface area contributed by atoms with Gasteiger partial charge >= 0.3 is 0 Å². The van der Waals surface area contributed by atoms with E-state index < -0.39 is 6.10 Å². The molecule has 1 unspecified atom stereocenters. The largest absolute Gasteiger partial charge is 0.396 e. The quantitative estimate of drug-likeness (QED) is 0.711. The molecule has 0 heterocycles. The van der Waals surface area contributed by atoms with Gasteiger partial charge in [-0.3, -0.25) is 0 Å². The molecule has 1 aromatic carbocycles. The summed E-state index contributed by atoms with van der Waals surface area (Å²) < 4.78 is 0. The molecule has 0 saturated heterocycles. The lowest BCUT2D eigenvalue weighted by Crippen LogP contribution is -2.12. The summed E-state index contributed by atoms with van der Waals surface area (Å²) in [6, 6.07) is 9.37. The summed E-state index contributed by atoms with van der Waals surface area (Å²) in [5, 5.41) is 18.4. The second-order valence-electron chi connectivity index (χ2n) is 3.02. The van der Waals surface area contributed by atoms with E-state index in [-0.39, 0.29) is 12.5 Å². The van der Waals surface area contributed by atoms with Crippen LogP contribution in [0.1, 0.15) is 18.6 Å². The molecular weight excluding hydrogens is 152 g/mol. The average Bonchev–Trinajstić information content (AvgIpc) is 2.17. The Balaban J connectivity index is 2.71. The summed E-state index contributed by atoms with van der Waals surface area (Å²) in [6.07, 6.45) is -0.559. The summed E-state index contributed by atoms with van der Waals surface area (Å²) in [5.41, 5.74) is 0.860. The van der Waals surface area contributed by atoms with E-state index in [9.17, 15) is 5.11 Å². The minimum Gasteiger partial charge on any atom is -0.396 e. The number of hydrogen-bond donors (Lipinski definition) is 2. The molecule has 0 bridgehead atoms. The summed E-state index contributed by atoms with van der Waals surface area (Å²) in [4.78, 5) is 0. The van der Waals surface area contributed by atoms with E-state index in [1.165, 1.54) is 0 Å². The van der Waals surface area contributed by atoms with Crippen molar-refractivity contribution in [1.82, 2.24) is 0 Å². The monoisotopic (exact) mass is 166 g/mol. The van der Waals surface area contributed by atoms with Crippen molar-refractivity contribution in [2.24, 2.45) is 5.92 Å². The third-order valence-corrected chi connectivity index (χ3v) is 1.97. The molecule has 0 amide bonds. The maximum absolute atomic E-state index is 9.63. The zero-order chi connectivity index (χ0) is 8.97. The Morgan fingerprint density at radius 1 is 1.25 bits per heavy atom. The minimum absolute atomic E-state index is 0.00998. The van der Waals surface area contributed by atoms with E-state index >= 15 is 0 Å². The maximum Gasteiger partial charge on any atom is 0.0837 e. The molecule has 2 N–H and O–H groups in total. The summed E-state index contributed by atoms with van der Waals surface area (Å²) in [6.45, 7) is 1.83. The first-order chi connectivity index (χ1) is 5.75. The van der Waals surface area contributed by atoms with Crippen molar-refractivity contribution in [3.63, 3.8) is 0 Å². The van der Waals surface area contributed by atoms with E-state index in [4.69, 9.17) is 5.11 Å². The van der Waals surface area contributed by atoms with Crippen LogP contribution in [0.2, 0.25) is 0 Å². The molecular formula is C10H14O2. The molecule has 1 aromatic rings. The van der Waals surface area contributed by atoms with E-state index in [1.54, 1.807) is 0 Å². The van der Waals surface area contributed by atoms with Gasteiger partial charge in [0, 0.05) is 12.5 Å².